The minimum absolute atomic E-state index is 0.00328. The van der Waals surface area contributed by atoms with Crippen LogP contribution in [-0.4, -0.2) is 46.4 Å². The third kappa shape index (κ3) is 2.74. The van der Waals surface area contributed by atoms with Crippen molar-refractivity contribution in [1.82, 2.24) is 4.31 Å². The molecule has 1 aromatic rings. The van der Waals surface area contributed by atoms with E-state index in [0.29, 0.717) is 0 Å². The summed E-state index contributed by atoms with van der Waals surface area (Å²) in [5.41, 5.74) is -0.307. The Balaban J connectivity index is 2.52. The molecule has 10 heteroatoms. The van der Waals surface area contributed by atoms with E-state index in [9.17, 15) is 23.3 Å². The quantitative estimate of drug-likeness (QED) is 0.646. The first-order valence-corrected chi connectivity index (χ1v) is 8.42. The molecular weight excluding hydrogens is 320 g/mol. The van der Waals surface area contributed by atoms with Crippen LogP contribution in [0.2, 0.25) is 0 Å². The second-order valence-electron chi connectivity index (χ2n) is 4.40. The lowest BCUT2D eigenvalue weighted by molar-refractivity contribution is -0.385. The number of nitrogens with zero attached hydrogens (tertiary/aromatic N) is 2. The van der Waals surface area contributed by atoms with Crippen LogP contribution in [0.5, 0.6) is 0 Å². The molecule has 0 bridgehead atoms. The lowest BCUT2D eigenvalue weighted by atomic mass is 10.2. The summed E-state index contributed by atoms with van der Waals surface area (Å²) in [7, 11) is -4.09. The topological polar surface area (TPSA) is 118 Å². The van der Waals surface area contributed by atoms with Crippen molar-refractivity contribution < 1.29 is 23.2 Å². The van der Waals surface area contributed by atoms with E-state index in [2.05, 4.69) is 0 Å². The minimum atomic E-state index is -4.09. The summed E-state index contributed by atoms with van der Waals surface area (Å²) >= 11 is 1.19. The number of carbonyl (C=O) groups is 1. The van der Waals surface area contributed by atoms with Gasteiger partial charge in [-0.2, -0.15) is 4.31 Å². The summed E-state index contributed by atoms with van der Waals surface area (Å²) in [5.74, 6) is -1.06. The van der Waals surface area contributed by atoms with Gasteiger partial charge < -0.3 is 5.11 Å². The molecule has 1 atom stereocenters. The van der Waals surface area contributed by atoms with E-state index in [1.165, 1.54) is 36.9 Å². The molecule has 0 aromatic heterocycles. The zero-order chi connectivity index (χ0) is 15.8. The van der Waals surface area contributed by atoms with Gasteiger partial charge >= 0.3 is 5.97 Å². The van der Waals surface area contributed by atoms with Crippen molar-refractivity contribution in [2.45, 2.75) is 17.9 Å². The summed E-state index contributed by atoms with van der Waals surface area (Å²) < 4.78 is 26.0. The van der Waals surface area contributed by atoms with Crippen molar-refractivity contribution in [2.24, 2.45) is 0 Å². The van der Waals surface area contributed by atoms with Crippen LogP contribution in [0.15, 0.2) is 23.1 Å². The van der Waals surface area contributed by atoms with E-state index in [1.807, 2.05) is 0 Å². The maximum Gasteiger partial charge on any atom is 0.322 e. The molecular formula is C11H12N2O6S2. The molecule has 1 N–H and O–H groups in total. The van der Waals surface area contributed by atoms with Crippen LogP contribution in [0.4, 0.5) is 5.69 Å². The number of hydrogen-bond donors (Lipinski definition) is 1. The Bertz CT molecular complexity index is 703. The molecule has 1 saturated heterocycles. The number of hydrogen-bond acceptors (Lipinski definition) is 6. The number of sulfonamides is 1. The van der Waals surface area contributed by atoms with Crippen molar-refractivity contribution in [3.63, 3.8) is 0 Å². The number of benzene rings is 1. The van der Waals surface area contributed by atoms with E-state index in [4.69, 9.17) is 5.11 Å². The van der Waals surface area contributed by atoms with Crippen LogP contribution in [-0.2, 0) is 14.8 Å². The molecule has 114 valence electrons. The third-order valence-corrected chi connectivity index (χ3v) is 6.34. The first-order chi connectivity index (χ1) is 9.76. The van der Waals surface area contributed by atoms with Gasteiger partial charge in [0.1, 0.15) is 6.04 Å². The fourth-order valence-corrected chi connectivity index (χ4v) is 5.44. The van der Waals surface area contributed by atoms with Crippen LogP contribution in [0.25, 0.3) is 0 Å². The lowest BCUT2D eigenvalue weighted by Crippen LogP contribution is -2.41. The fourth-order valence-electron chi connectivity index (χ4n) is 2.07. The van der Waals surface area contributed by atoms with Crippen LogP contribution < -0.4 is 0 Å². The maximum absolute atomic E-state index is 12.6. The molecule has 1 aliphatic heterocycles. The molecule has 1 aliphatic rings. The molecule has 1 aromatic carbocycles. The Morgan fingerprint density at radius 2 is 2.19 bits per heavy atom. The van der Waals surface area contributed by atoms with Gasteiger partial charge in [0.25, 0.3) is 5.69 Å². The molecule has 0 aliphatic carbocycles. The Labute approximate surface area is 125 Å². The highest BCUT2D eigenvalue weighted by atomic mass is 32.2. The molecule has 1 fully saturated rings. The Kier molecular flexibility index (Phi) is 4.21. The second kappa shape index (κ2) is 5.62. The van der Waals surface area contributed by atoms with Crippen molar-refractivity contribution in [2.75, 3.05) is 11.6 Å². The van der Waals surface area contributed by atoms with Gasteiger partial charge in [-0.05, 0) is 13.0 Å². The van der Waals surface area contributed by atoms with Crippen molar-refractivity contribution in [3.05, 3.63) is 33.9 Å². The largest absolute Gasteiger partial charge is 0.480 e. The minimum Gasteiger partial charge on any atom is -0.480 e. The Hall–Kier alpha value is -1.65. The average molecular weight is 332 g/mol. The number of rotatable bonds is 4. The molecule has 2 rings (SSSR count). The van der Waals surface area contributed by atoms with Crippen molar-refractivity contribution in [1.29, 1.82) is 0 Å². The van der Waals surface area contributed by atoms with Crippen LogP contribution in [0, 0.1) is 17.0 Å². The van der Waals surface area contributed by atoms with Crippen molar-refractivity contribution in [3.8, 4) is 0 Å². The number of aliphatic carboxylic acids is 1. The van der Waals surface area contributed by atoms with Crippen LogP contribution in [0.3, 0.4) is 0 Å². The molecule has 0 saturated carbocycles. The molecule has 0 radical (unpaired) electrons. The number of carboxylic acids is 1. The van der Waals surface area contributed by atoms with Gasteiger partial charge in [-0.3, -0.25) is 14.9 Å². The third-order valence-electron chi connectivity index (χ3n) is 3.17. The number of thioether (sulfide) groups is 1. The zero-order valence-electron chi connectivity index (χ0n) is 10.9. The number of nitro groups is 1. The molecule has 0 amide bonds. The standard InChI is InChI=1S/C11H12N2O6S2/c1-7-8(13(16)17)3-2-4-10(7)21(18,19)12-6-20-5-9(12)11(14)15/h2-4,9H,5-6H2,1H3,(H,14,15)/t9-/m0/s1. The predicted octanol–water partition coefficient (Wildman–Crippen LogP) is 1.05. The van der Waals surface area contributed by atoms with Crippen LogP contribution >= 0.6 is 11.8 Å². The summed E-state index contributed by atoms with van der Waals surface area (Å²) in [6.45, 7) is 1.34. The molecule has 0 spiro atoms. The maximum atomic E-state index is 12.6. The van der Waals surface area contributed by atoms with E-state index in [0.717, 1.165) is 4.31 Å². The van der Waals surface area contributed by atoms with Crippen molar-refractivity contribution >= 4 is 33.4 Å². The van der Waals surface area contributed by atoms with E-state index in [1.54, 1.807) is 0 Å². The monoisotopic (exact) mass is 332 g/mol. The highest BCUT2D eigenvalue weighted by Gasteiger charge is 2.41. The molecule has 1 heterocycles. The van der Waals surface area contributed by atoms with Gasteiger partial charge in [-0.15, -0.1) is 11.8 Å². The van der Waals surface area contributed by atoms with E-state index in [-0.39, 0.29) is 27.8 Å². The van der Waals surface area contributed by atoms with Gasteiger partial charge in [0.2, 0.25) is 10.0 Å². The first kappa shape index (κ1) is 15.7. The van der Waals surface area contributed by atoms with E-state index >= 15 is 0 Å². The highest BCUT2D eigenvalue weighted by molar-refractivity contribution is 8.00. The first-order valence-electron chi connectivity index (χ1n) is 5.83. The van der Waals surface area contributed by atoms with Gasteiger partial charge in [0.05, 0.1) is 15.7 Å². The fraction of sp³-hybridized carbons (Fsp3) is 0.364. The lowest BCUT2D eigenvalue weighted by Gasteiger charge is -2.20. The van der Waals surface area contributed by atoms with Gasteiger partial charge in [-0.25, -0.2) is 8.42 Å². The van der Waals surface area contributed by atoms with Gasteiger partial charge in [0.15, 0.2) is 0 Å². The predicted molar refractivity (Wildman–Crippen MR) is 75.6 cm³/mol. The van der Waals surface area contributed by atoms with Gasteiger partial charge in [-0.1, -0.05) is 6.07 Å². The number of carboxylic acid groups (broad SMARTS) is 1. The normalized spacial score (nSPS) is 19.6. The summed E-state index contributed by atoms with van der Waals surface area (Å²) in [6.07, 6.45) is 0. The highest BCUT2D eigenvalue weighted by Crippen LogP contribution is 2.32. The number of nitro benzene ring substituents is 1. The van der Waals surface area contributed by atoms with Crippen LogP contribution in [0.1, 0.15) is 5.56 Å². The zero-order valence-corrected chi connectivity index (χ0v) is 12.6. The van der Waals surface area contributed by atoms with E-state index < -0.39 is 27.0 Å². The summed E-state index contributed by atoms with van der Waals surface area (Å²) in [4.78, 5) is 21.1. The van der Waals surface area contributed by atoms with Gasteiger partial charge in [0, 0.05) is 17.4 Å². The Morgan fingerprint density at radius 3 is 2.76 bits per heavy atom. The summed E-state index contributed by atoms with van der Waals surface area (Å²) in [5, 5.41) is 20.0. The Morgan fingerprint density at radius 1 is 1.52 bits per heavy atom. The molecule has 0 unspecified atom stereocenters. The molecule has 8 nitrogen and oxygen atoms in total. The summed E-state index contributed by atoms with van der Waals surface area (Å²) in [6, 6.07) is 2.58. The second-order valence-corrected chi connectivity index (χ2v) is 7.26. The smallest absolute Gasteiger partial charge is 0.322 e. The SMILES string of the molecule is Cc1c([N+](=O)[O-])cccc1S(=O)(=O)N1CSC[C@H]1C(=O)O. The average Bonchev–Trinajstić information content (AvgIpc) is 2.88. The molecule has 21 heavy (non-hydrogen) atoms.